The molecular weight excluding hydrogens is 204 g/mol. The number of epoxide rings is 1. The first-order valence-corrected chi connectivity index (χ1v) is 6.52. The molecule has 1 N–H and O–H groups in total. The SMILES string of the molecule is CC[C@@]1(CC[C@H](O)[C@@]2(C)CCCO2)O[C@H]1C. The molecule has 2 saturated heterocycles. The normalized spacial score (nSPS) is 44.6. The highest BCUT2D eigenvalue weighted by molar-refractivity contribution is 5.00. The Labute approximate surface area is 98.1 Å². The van der Waals surface area contributed by atoms with Gasteiger partial charge in [-0.1, -0.05) is 6.92 Å². The Kier molecular flexibility index (Phi) is 3.30. The molecule has 3 heteroatoms. The van der Waals surface area contributed by atoms with Gasteiger partial charge >= 0.3 is 0 Å². The predicted octanol–water partition coefficient (Wildman–Crippen LogP) is 2.26. The number of hydrogen-bond acceptors (Lipinski definition) is 3. The quantitative estimate of drug-likeness (QED) is 0.734. The van der Waals surface area contributed by atoms with Crippen LogP contribution in [0.25, 0.3) is 0 Å². The van der Waals surface area contributed by atoms with Crippen LogP contribution in [0.2, 0.25) is 0 Å². The van der Waals surface area contributed by atoms with Crippen LogP contribution in [0.5, 0.6) is 0 Å². The van der Waals surface area contributed by atoms with Gasteiger partial charge in [0.15, 0.2) is 0 Å². The molecule has 16 heavy (non-hydrogen) atoms. The second-order valence-corrected chi connectivity index (χ2v) is 5.50. The van der Waals surface area contributed by atoms with E-state index in [1.54, 1.807) is 0 Å². The fourth-order valence-corrected chi connectivity index (χ4v) is 2.88. The lowest BCUT2D eigenvalue weighted by Gasteiger charge is -2.30. The molecule has 0 aromatic rings. The zero-order valence-electron chi connectivity index (χ0n) is 10.7. The smallest absolute Gasteiger partial charge is 0.0943 e. The highest BCUT2D eigenvalue weighted by Crippen LogP contribution is 2.44. The molecule has 0 aliphatic carbocycles. The summed E-state index contributed by atoms with van der Waals surface area (Å²) in [7, 11) is 0. The average Bonchev–Trinajstić information content (AvgIpc) is 2.70. The van der Waals surface area contributed by atoms with Crippen LogP contribution in [0.4, 0.5) is 0 Å². The van der Waals surface area contributed by atoms with Crippen LogP contribution in [-0.4, -0.2) is 35.1 Å². The molecule has 0 aromatic carbocycles. The summed E-state index contributed by atoms with van der Waals surface area (Å²) < 4.78 is 11.3. The van der Waals surface area contributed by atoms with Crippen molar-refractivity contribution in [2.75, 3.05) is 6.61 Å². The first-order valence-electron chi connectivity index (χ1n) is 6.52. The third-order valence-corrected chi connectivity index (χ3v) is 4.49. The summed E-state index contributed by atoms with van der Waals surface area (Å²) in [6.07, 6.45) is 4.83. The molecule has 0 unspecified atom stereocenters. The van der Waals surface area contributed by atoms with Gasteiger partial charge in [-0.2, -0.15) is 0 Å². The summed E-state index contributed by atoms with van der Waals surface area (Å²) in [5, 5.41) is 10.2. The maximum absolute atomic E-state index is 10.2. The maximum Gasteiger partial charge on any atom is 0.0943 e. The fourth-order valence-electron chi connectivity index (χ4n) is 2.88. The van der Waals surface area contributed by atoms with Gasteiger partial charge in [0.25, 0.3) is 0 Å². The van der Waals surface area contributed by atoms with Gasteiger partial charge < -0.3 is 14.6 Å². The molecule has 2 rings (SSSR count). The molecular formula is C13H24O3. The summed E-state index contributed by atoms with van der Waals surface area (Å²) in [6, 6.07) is 0. The van der Waals surface area contributed by atoms with Crippen LogP contribution in [0.3, 0.4) is 0 Å². The zero-order valence-corrected chi connectivity index (χ0v) is 10.7. The highest BCUT2D eigenvalue weighted by Gasteiger charge is 2.52. The number of aliphatic hydroxyl groups is 1. The summed E-state index contributed by atoms with van der Waals surface area (Å²) in [5.74, 6) is 0. The first-order chi connectivity index (χ1) is 7.52. The van der Waals surface area contributed by atoms with Crippen molar-refractivity contribution in [1.82, 2.24) is 0 Å². The van der Waals surface area contributed by atoms with E-state index in [1.165, 1.54) is 0 Å². The Morgan fingerprint density at radius 2 is 2.19 bits per heavy atom. The molecule has 2 heterocycles. The molecule has 0 saturated carbocycles. The number of rotatable bonds is 5. The minimum atomic E-state index is -0.352. The largest absolute Gasteiger partial charge is 0.390 e. The molecule has 2 fully saturated rings. The Bertz CT molecular complexity index is 244. The minimum Gasteiger partial charge on any atom is -0.390 e. The average molecular weight is 228 g/mol. The van der Waals surface area contributed by atoms with Crippen LogP contribution in [0.1, 0.15) is 52.9 Å². The van der Waals surface area contributed by atoms with Crippen molar-refractivity contribution in [1.29, 1.82) is 0 Å². The molecule has 0 spiro atoms. The van der Waals surface area contributed by atoms with Crippen molar-refractivity contribution in [3.05, 3.63) is 0 Å². The van der Waals surface area contributed by atoms with Crippen molar-refractivity contribution in [2.24, 2.45) is 0 Å². The zero-order chi connectivity index (χ0) is 11.8. The van der Waals surface area contributed by atoms with E-state index in [9.17, 15) is 5.11 Å². The van der Waals surface area contributed by atoms with E-state index in [1.807, 2.05) is 6.92 Å². The third-order valence-electron chi connectivity index (χ3n) is 4.49. The Morgan fingerprint density at radius 3 is 2.62 bits per heavy atom. The molecule has 4 atom stereocenters. The molecule has 0 radical (unpaired) electrons. The predicted molar refractivity (Wildman–Crippen MR) is 62.4 cm³/mol. The van der Waals surface area contributed by atoms with Crippen molar-refractivity contribution in [3.8, 4) is 0 Å². The second-order valence-electron chi connectivity index (χ2n) is 5.50. The van der Waals surface area contributed by atoms with Crippen molar-refractivity contribution in [3.63, 3.8) is 0 Å². The lowest BCUT2D eigenvalue weighted by Crippen LogP contribution is -2.39. The molecule has 0 amide bonds. The number of ether oxygens (including phenoxy) is 2. The molecule has 94 valence electrons. The van der Waals surface area contributed by atoms with Gasteiger partial charge in [-0.3, -0.25) is 0 Å². The van der Waals surface area contributed by atoms with E-state index in [4.69, 9.17) is 9.47 Å². The maximum atomic E-state index is 10.2. The molecule has 0 aromatic heterocycles. The third kappa shape index (κ3) is 2.13. The summed E-state index contributed by atoms with van der Waals surface area (Å²) in [5.41, 5.74) is -0.261. The Morgan fingerprint density at radius 1 is 1.50 bits per heavy atom. The van der Waals surface area contributed by atoms with Gasteiger partial charge in [0, 0.05) is 6.61 Å². The van der Waals surface area contributed by atoms with Crippen molar-refractivity contribution >= 4 is 0 Å². The van der Waals surface area contributed by atoms with Gasteiger partial charge in [-0.15, -0.1) is 0 Å². The monoisotopic (exact) mass is 228 g/mol. The summed E-state index contributed by atoms with van der Waals surface area (Å²) in [4.78, 5) is 0. The van der Waals surface area contributed by atoms with Crippen molar-refractivity contribution in [2.45, 2.75) is 76.3 Å². The van der Waals surface area contributed by atoms with E-state index in [-0.39, 0.29) is 17.3 Å². The van der Waals surface area contributed by atoms with Gasteiger partial charge in [0.2, 0.25) is 0 Å². The summed E-state index contributed by atoms with van der Waals surface area (Å²) in [6.45, 7) is 7.09. The Hall–Kier alpha value is -0.120. The standard InChI is InChI=1S/C13H24O3/c1-4-13(10(2)16-13)8-6-11(14)12(3)7-5-9-15-12/h10-11,14H,4-9H2,1-3H3/t10-,11-,12+,13-/m0/s1. The molecule has 3 nitrogen and oxygen atoms in total. The van der Waals surface area contributed by atoms with Crippen LogP contribution in [-0.2, 0) is 9.47 Å². The molecule has 2 aliphatic rings. The second kappa shape index (κ2) is 4.28. The number of aliphatic hydroxyl groups excluding tert-OH is 1. The Balaban J connectivity index is 1.81. The van der Waals surface area contributed by atoms with Gasteiger partial charge in [-0.05, 0) is 46.0 Å². The minimum absolute atomic E-state index is 0.0515. The van der Waals surface area contributed by atoms with E-state index in [0.717, 1.165) is 38.7 Å². The van der Waals surface area contributed by atoms with Crippen LogP contribution >= 0.6 is 0 Å². The first kappa shape index (κ1) is 12.3. The van der Waals surface area contributed by atoms with Crippen LogP contribution < -0.4 is 0 Å². The highest BCUT2D eigenvalue weighted by atomic mass is 16.6. The van der Waals surface area contributed by atoms with Gasteiger partial charge in [0.05, 0.1) is 23.4 Å². The summed E-state index contributed by atoms with van der Waals surface area (Å²) >= 11 is 0. The molecule has 2 aliphatic heterocycles. The van der Waals surface area contributed by atoms with Crippen LogP contribution in [0, 0.1) is 0 Å². The number of hydrogen-bond donors (Lipinski definition) is 1. The van der Waals surface area contributed by atoms with Gasteiger partial charge in [-0.25, -0.2) is 0 Å². The lowest BCUT2D eigenvalue weighted by atomic mass is 9.88. The van der Waals surface area contributed by atoms with E-state index < -0.39 is 0 Å². The molecule has 0 bridgehead atoms. The fraction of sp³-hybridized carbons (Fsp3) is 1.00. The topological polar surface area (TPSA) is 42.0 Å². The lowest BCUT2D eigenvalue weighted by molar-refractivity contribution is -0.0825. The van der Waals surface area contributed by atoms with Crippen molar-refractivity contribution < 1.29 is 14.6 Å². The van der Waals surface area contributed by atoms with E-state index in [2.05, 4.69) is 13.8 Å². The van der Waals surface area contributed by atoms with Crippen LogP contribution in [0.15, 0.2) is 0 Å². The van der Waals surface area contributed by atoms with E-state index in [0.29, 0.717) is 6.10 Å². The van der Waals surface area contributed by atoms with Gasteiger partial charge in [0.1, 0.15) is 0 Å². The van der Waals surface area contributed by atoms with E-state index >= 15 is 0 Å².